The molecule has 2 unspecified atom stereocenters. The normalized spacial score (nSPS) is 17.6. The predicted molar refractivity (Wildman–Crippen MR) is 71.7 cm³/mol. The fourth-order valence-electron chi connectivity index (χ4n) is 2.94. The maximum atomic E-state index is 11.2. The summed E-state index contributed by atoms with van der Waals surface area (Å²) in [5.74, 6) is -1.14. The van der Waals surface area contributed by atoms with Gasteiger partial charge in [-0.15, -0.1) is 0 Å². The standard InChI is InChI=1S/C15H21NO2/c1-10(15(17)18)14(16(2)3)13-8-7-11-5-4-6-12(11)9-13/h7-10,14H,4-6H2,1-3H3,(H,17,18). The highest BCUT2D eigenvalue weighted by Gasteiger charge is 2.27. The van der Waals surface area contributed by atoms with Crippen LogP contribution in [0.4, 0.5) is 0 Å². The molecule has 0 amide bonds. The number of carboxylic acids is 1. The summed E-state index contributed by atoms with van der Waals surface area (Å²) in [6, 6.07) is 6.40. The van der Waals surface area contributed by atoms with Crippen molar-refractivity contribution in [1.82, 2.24) is 4.90 Å². The summed E-state index contributed by atoms with van der Waals surface area (Å²) in [4.78, 5) is 13.2. The highest BCUT2D eigenvalue weighted by Crippen LogP contribution is 2.31. The predicted octanol–water partition coefficient (Wildman–Crippen LogP) is 2.50. The number of benzene rings is 1. The van der Waals surface area contributed by atoms with Gasteiger partial charge in [-0.2, -0.15) is 0 Å². The van der Waals surface area contributed by atoms with Crippen LogP contribution >= 0.6 is 0 Å². The molecule has 3 nitrogen and oxygen atoms in total. The fourth-order valence-corrected chi connectivity index (χ4v) is 2.94. The average Bonchev–Trinajstić information content (AvgIpc) is 2.75. The Morgan fingerprint density at radius 1 is 1.28 bits per heavy atom. The van der Waals surface area contributed by atoms with Crippen LogP contribution in [0.15, 0.2) is 18.2 Å². The first-order chi connectivity index (χ1) is 8.50. The first-order valence-electron chi connectivity index (χ1n) is 6.51. The largest absolute Gasteiger partial charge is 0.481 e. The average molecular weight is 247 g/mol. The minimum atomic E-state index is -0.741. The van der Waals surface area contributed by atoms with Crippen LogP contribution in [0.3, 0.4) is 0 Å². The number of aryl methyl sites for hydroxylation is 2. The van der Waals surface area contributed by atoms with E-state index in [-0.39, 0.29) is 6.04 Å². The molecule has 0 spiro atoms. The fraction of sp³-hybridized carbons (Fsp3) is 0.533. The van der Waals surface area contributed by atoms with Crippen molar-refractivity contribution >= 4 is 5.97 Å². The van der Waals surface area contributed by atoms with Crippen molar-refractivity contribution in [2.45, 2.75) is 32.2 Å². The number of hydrogen-bond donors (Lipinski definition) is 1. The molecule has 0 radical (unpaired) electrons. The first-order valence-corrected chi connectivity index (χ1v) is 6.51. The molecule has 18 heavy (non-hydrogen) atoms. The number of rotatable bonds is 4. The topological polar surface area (TPSA) is 40.5 Å². The highest BCUT2D eigenvalue weighted by atomic mass is 16.4. The van der Waals surface area contributed by atoms with Crippen LogP contribution in [-0.4, -0.2) is 30.1 Å². The molecule has 0 aromatic heterocycles. The van der Waals surface area contributed by atoms with E-state index in [0.29, 0.717) is 0 Å². The van der Waals surface area contributed by atoms with E-state index in [2.05, 4.69) is 18.2 Å². The second-order valence-corrected chi connectivity index (χ2v) is 5.42. The number of carboxylic acid groups (broad SMARTS) is 1. The van der Waals surface area contributed by atoms with Gasteiger partial charge in [0.05, 0.1) is 5.92 Å². The molecule has 0 saturated heterocycles. The van der Waals surface area contributed by atoms with E-state index in [1.54, 1.807) is 6.92 Å². The number of hydrogen-bond acceptors (Lipinski definition) is 2. The Balaban J connectivity index is 2.34. The van der Waals surface area contributed by atoms with Gasteiger partial charge in [-0.05, 0) is 50.0 Å². The first kappa shape index (κ1) is 13.1. The highest BCUT2D eigenvalue weighted by molar-refractivity contribution is 5.70. The van der Waals surface area contributed by atoms with Gasteiger partial charge in [0, 0.05) is 6.04 Å². The lowest BCUT2D eigenvalue weighted by Crippen LogP contribution is -2.30. The lowest BCUT2D eigenvalue weighted by molar-refractivity contribution is -0.143. The summed E-state index contributed by atoms with van der Waals surface area (Å²) >= 11 is 0. The number of nitrogens with zero attached hydrogens (tertiary/aromatic N) is 1. The molecule has 1 aliphatic carbocycles. The lowest BCUT2D eigenvalue weighted by atomic mass is 9.91. The third kappa shape index (κ3) is 2.41. The molecule has 2 atom stereocenters. The molecule has 2 rings (SSSR count). The van der Waals surface area contributed by atoms with Gasteiger partial charge in [-0.25, -0.2) is 0 Å². The summed E-state index contributed by atoms with van der Waals surface area (Å²) < 4.78 is 0. The minimum Gasteiger partial charge on any atom is -0.481 e. The molecule has 98 valence electrons. The summed E-state index contributed by atoms with van der Waals surface area (Å²) in [6.07, 6.45) is 3.52. The van der Waals surface area contributed by atoms with Crippen LogP contribution in [0.5, 0.6) is 0 Å². The van der Waals surface area contributed by atoms with Crippen molar-refractivity contribution in [3.8, 4) is 0 Å². The summed E-state index contributed by atoms with van der Waals surface area (Å²) in [5.41, 5.74) is 3.95. The number of fused-ring (bicyclic) bond motifs is 1. The van der Waals surface area contributed by atoms with E-state index >= 15 is 0 Å². The van der Waals surface area contributed by atoms with Crippen molar-refractivity contribution in [3.05, 3.63) is 34.9 Å². The number of carbonyl (C=O) groups is 1. The van der Waals surface area contributed by atoms with Gasteiger partial charge in [-0.3, -0.25) is 4.79 Å². The van der Waals surface area contributed by atoms with E-state index < -0.39 is 11.9 Å². The Kier molecular flexibility index (Phi) is 3.71. The molecule has 1 aromatic rings. The third-order valence-corrected chi connectivity index (χ3v) is 3.88. The van der Waals surface area contributed by atoms with Crippen LogP contribution < -0.4 is 0 Å². The van der Waals surface area contributed by atoms with E-state index in [0.717, 1.165) is 18.4 Å². The molecule has 1 aliphatic rings. The van der Waals surface area contributed by atoms with Crippen molar-refractivity contribution in [1.29, 1.82) is 0 Å². The Morgan fingerprint density at radius 2 is 1.94 bits per heavy atom. The third-order valence-electron chi connectivity index (χ3n) is 3.88. The monoisotopic (exact) mass is 247 g/mol. The van der Waals surface area contributed by atoms with E-state index in [1.807, 2.05) is 19.0 Å². The molecule has 0 fully saturated rings. The van der Waals surface area contributed by atoms with Gasteiger partial charge in [0.15, 0.2) is 0 Å². The molecule has 1 aromatic carbocycles. The second-order valence-electron chi connectivity index (χ2n) is 5.42. The maximum absolute atomic E-state index is 11.2. The van der Waals surface area contributed by atoms with E-state index in [1.165, 1.54) is 17.5 Å². The van der Waals surface area contributed by atoms with Gasteiger partial charge in [0.25, 0.3) is 0 Å². The zero-order valence-corrected chi connectivity index (χ0v) is 11.3. The molecule has 0 aliphatic heterocycles. The van der Waals surface area contributed by atoms with Crippen LogP contribution in [-0.2, 0) is 17.6 Å². The lowest BCUT2D eigenvalue weighted by Gasteiger charge is -2.28. The van der Waals surface area contributed by atoms with Crippen LogP contribution in [0, 0.1) is 5.92 Å². The zero-order valence-electron chi connectivity index (χ0n) is 11.3. The molecule has 0 bridgehead atoms. The van der Waals surface area contributed by atoms with Crippen molar-refractivity contribution in [2.24, 2.45) is 5.92 Å². The molecular weight excluding hydrogens is 226 g/mol. The van der Waals surface area contributed by atoms with Crippen molar-refractivity contribution in [2.75, 3.05) is 14.1 Å². The van der Waals surface area contributed by atoms with Crippen molar-refractivity contribution < 1.29 is 9.90 Å². The zero-order chi connectivity index (χ0) is 13.3. The molecule has 0 saturated carbocycles. The van der Waals surface area contributed by atoms with Gasteiger partial charge < -0.3 is 10.0 Å². The Hall–Kier alpha value is -1.35. The second kappa shape index (κ2) is 5.11. The van der Waals surface area contributed by atoms with Crippen LogP contribution in [0.1, 0.15) is 36.1 Å². The Bertz CT molecular complexity index is 454. The summed E-state index contributed by atoms with van der Waals surface area (Å²) in [5, 5.41) is 9.23. The summed E-state index contributed by atoms with van der Waals surface area (Å²) in [6.45, 7) is 1.78. The Morgan fingerprint density at radius 3 is 2.56 bits per heavy atom. The molecule has 3 heteroatoms. The molecular formula is C15H21NO2. The van der Waals surface area contributed by atoms with Crippen LogP contribution in [0.25, 0.3) is 0 Å². The minimum absolute atomic E-state index is 0.0617. The smallest absolute Gasteiger partial charge is 0.308 e. The number of aliphatic carboxylic acids is 1. The van der Waals surface area contributed by atoms with E-state index in [9.17, 15) is 9.90 Å². The Labute approximate surface area is 108 Å². The van der Waals surface area contributed by atoms with Gasteiger partial charge >= 0.3 is 5.97 Å². The maximum Gasteiger partial charge on any atom is 0.308 e. The van der Waals surface area contributed by atoms with Gasteiger partial charge in [0.1, 0.15) is 0 Å². The quantitative estimate of drug-likeness (QED) is 0.888. The van der Waals surface area contributed by atoms with Gasteiger partial charge in [-0.1, -0.05) is 25.1 Å². The van der Waals surface area contributed by atoms with Crippen molar-refractivity contribution in [3.63, 3.8) is 0 Å². The van der Waals surface area contributed by atoms with Gasteiger partial charge in [0.2, 0.25) is 0 Å². The summed E-state index contributed by atoms with van der Waals surface area (Å²) in [7, 11) is 3.88. The molecule has 0 heterocycles. The molecule has 1 N–H and O–H groups in total. The van der Waals surface area contributed by atoms with Crippen LogP contribution in [0.2, 0.25) is 0 Å². The SMILES string of the molecule is CC(C(=O)O)C(c1ccc2c(c1)CCC2)N(C)C. The van der Waals surface area contributed by atoms with E-state index in [4.69, 9.17) is 0 Å².